The molecule has 7 unspecified atom stereocenters. The molecule has 1 saturated heterocycles. The molecule has 0 radical (unpaired) electrons. The van der Waals surface area contributed by atoms with E-state index in [0.717, 1.165) is 55.6 Å². The summed E-state index contributed by atoms with van der Waals surface area (Å²) in [6.07, 6.45) is 9.56. The van der Waals surface area contributed by atoms with E-state index >= 15 is 0 Å². The van der Waals surface area contributed by atoms with Gasteiger partial charge in [-0.1, -0.05) is 19.1 Å². The molecule has 3 saturated carbocycles. The smallest absolute Gasteiger partial charge is 0.311 e. The van der Waals surface area contributed by atoms with Crippen molar-refractivity contribution in [2.24, 2.45) is 46.8 Å². The molecule has 4 heteroatoms. The van der Waals surface area contributed by atoms with Gasteiger partial charge >= 0.3 is 5.97 Å². The Balaban J connectivity index is 1.13. The van der Waals surface area contributed by atoms with Gasteiger partial charge in [0, 0.05) is 5.41 Å². The lowest BCUT2D eigenvalue weighted by Crippen LogP contribution is -2.46. The fraction of sp³-hybridized carbons (Fsp3) is 0.850. The van der Waals surface area contributed by atoms with Crippen LogP contribution in [0.15, 0.2) is 12.2 Å². The minimum Gasteiger partial charge on any atom is -0.438 e. The molecule has 0 spiro atoms. The van der Waals surface area contributed by atoms with Crippen LogP contribution in [0.25, 0.3) is 0 Å². The molecule has 1 heterocycles. The van der Waals surface area contributed by atoms with Crippen LogP contribution in [0.2, 0.25) is 0 Å². The highest BCUT2D eigenvalue weighted by atomic mass is 16.7. The van der Waals surface area contributed by atoms with E-state index in [0.29, 0.717) is 12.5 Å². The zero-order valence-electron chi connectivity index (χ0n) is 14.5. The molecular formula is C20H28O4. The van der Waals surface area contributed by atoms with Gasteiger partial charge in [-0.15, -0.1) is 0 Å². The summed E-state index contributed by atoms with van der Waals surface area (Å²) in [5.41, 5.74) is 0.154. The van der Waals surface area contributed by atoms with Crippen molar-refractivity contribution in [3.8, 4) is 0 Å². The molecule has 0 aromatic carbocycles. The van der Waals surface area contributed by atoms with Crippen molar-refractivity contribution in [3.63, 3.8) is 0 Å². The van der Waals surface area contributed by atoms with Gasteiger partial charge in [0.15, 0.2) is 6.79 Å². The van der Waals surface area contributed by atoms with Crippen molar-refractivity contribution in [1.29, 1.82) is 0 Å². The first-order valence-corrected chi connectivity index (χ1v) is 9.71. The number of ether oxygens (including phenoxy) is 3. The molecule has 0 amide bonds. The van der Waals surface area contributed by atoms with Crippen LogP contribution in [0.5, 0.6) is 0 Å². The summed E-state index contributed by atoms with van der Waals surface area (Å²) >= 11 is 0. The molecule has 0 N–H and O–H groups in total. The number of rotatable bonds is 6. The number of esters is 1. The first-order valence-electron chi connectivity index (χ1n) is 9.71. The summed E-state index contributed by atoms with van der Waals surface area (Å²) < 4.78 is 16.4. The molecule has 5 aliphatic rings. The maximum Gasteiger partial charge on any atom is 0.311 e. The van der Waals surface area contributed by atoms with E-state index in [4.69, 9.17) is 14.2 Å². The molecular weight excluding hydrogens is 304 g/mol. The monoisotopic (exact) mass is 332 g/mol. The van der Waals surface area contributed by atoms with Gasteiger partial charge in [-0.05, 0) is 61.2 Å². The summed E-state index contributed by atoms with van der Waals surface area (Å²) in [6.45, 7) is 4.43. The largest absolute Gasteiger partial charge is 0.438 e. The summed E-state index contributed by atoms with van der Waals surface area (Å²) in [4.78, 5) is 12.6. The molecule has 4 aliphatic carbocycles. The Hall–Kier alpha value is -0.870. The van der Waals surface area contributed by atoms with E-state index < -0.39 is 0 Å². The quantitative estimate of drug-likeness (QED) is 0.247. The second kappa shape index (κ2) is 5.57. The number of allylic oxidation sites excluding steroid dienone is 2. The van der Waals surface area contributed by atoms with Crippen LogP contribution in [0.3, 0.4) is 0 Å². The third-order valence-electron chi connectivity index (χ3n) is 7.83. The van der Waals surface area contributed by atoms with Crippen LogP contribution in [0.1, 0.15) is 32.6 Å². The summed E-state index contributed by atoms with van der Waals surface area (Å²) in [7, 11) is 0. The average Bonchev–Trinajstić information content (AvgIpc) is 3.31. The van der Waals surface area contributed by atoms with E-state index in [1.54, 1.807) is 0 Å². The highest BCUT2D eigenvalue weighted by molar-refractivity contribution is 5.73. The van der Waals surface area contributed by atoms with Crippen LogP contribution in [-0.4, -0.2) is 32.6 Å². The molecule has 0 aromatic rings. The predicted octanol–water partition coefficient (Wildman–Crippen LogP) is 3.02. The van der Waals surface area contributed by atoms with E-state index in [1.165, 1.54) is 12.8 Å². The van der Waals surface area contributed by atoms with Gasteiger partial charge in [-0.2, -0.15) is 0 Å². The lowest BCUT2D eigenvalue weighted by Gasteiger charge is -2.40. The average molecular weight is 332 g/mol. The van der Waals surface area contributed by atoms with Crippen molar-refractivity contribution in [1.82, 2.24) is 0 Å². The van der Waals surface area contributed by atoms with Gasteiger partial charge in [0.25, 0.3) is 0 Å². The number of carbonyl (C=O) groups is 1. The first-order chi connectivity index (χ1) is 11.7. The molecule has 4 bridgehead atoms. The fourth-order valence-electron chi connectivity index (χ4n) is 6.53. The minimum absolute atomic E-state index is 0.0110. The van der Waals surface area contributed by atoms with E-state index in [2.05, 4.69) is 19.1 Å². The molecule has 1 aliphatic heterocycles. The number of fused-ring (bicyclic) bond motifs is 9. The molecule has 4 nitrogen and oxygen atoms in total. The second-order valence-corrected chi connectivity index (χ2v) is 8.88. The van der Waals surface area contributed by atoms with Gasteiger partial charge in [0.05, 0.1) is 25.7 Å². The van der Waals surface area contributed by atoms with Crippen LogP contribution in [-0.2, 0) is 19.0 Å². The summed E-state index contributed by atoms with van der Waals surface area (Å²) in [6, 6.07) is 0. The lowest BCUT2D eigenvalue weighted by molar-refractivity contribution is -0.185. The zero-order valence-corrected chi connectivity index (χ0v) is 14.5. The van der Waals surface area contributed by atoms with Crippen LogP contribution in [0, 0.1) is 46.8 Å². The number of hydrogen-bond donors (Lipinski definition) is 0. The lowest BCUT2D eigenvalue weighted by atomic mass is 9.69. The van der Waals surface area contributed by atoms with E-state index in [-0.39, 0.29) is 24.1 Å². The molecule has 132 valence electrons. The molecule has 24 heavy (non-hydrogen) atoms. The Morgan fingerprint density at radius 1 is 1.17 bits per heavy atom. The SMILES string of the molecule is CCC1(COCOC(=O)C2CC3CC2C2C4C=CC(C4)C32)COC1. The molecule has 4 fully saturated rings. The highest BCUT2D eigenvalue weighted by Crippen LogP contribution is 2.67. The maximum atomic E-state index is 12.6. The standard InChI is InChI=1S/C20H28O4/c1-2-20(8-22-9-20)10-23-11-24-19(21)16-7-14-6-15(16)18-13-4-3-12(5-13)17(14)18/h3-4,12-18H,2,5-11H2,1H3. The minimum atomic E-state index is -0.0110. The second-order valence-electron chi connectivity index (χ2n) is 8.88. The van der Waals surface area contributed by atoms with Crippen molar-refractivity contribution in [3.05, 3.63) is 12.2 Å². The third-order valence-corrected chi connectivity index (χ3v) is 7.83. The molecule has 5 rings (SSSR count). The maximum absolute atomic E-state index is 12.6. The van der Waals surface area contributed by atoms with Gasteiger partial charge < -0.3 is 14.2 Å². The van der Waals surface area contributed by atoms with Crippen molar-refractivity contribution < 1.29 is 19.0 Å². The van der Waals surface area contributed by atoms with Crippen LogP contribution in [0.4, 0.5) is 0 Å². The predicted molar refractivity (Wildman–Crippen MR) is 87.9 cm³/mol. The third kappa shape index (κ3) is 2.15. The van der Waals surface area contributed by atoms with Gasteiger partial charge in [-0.25, -0.2) is 0 Å². The fourth-order valence-corrected chi connectivity index (χ4v) is 6.53. The Bertz CT molecular complexity index is 546. The van der Waals surface area contributed by atoms with E-state index in [9.17, 15) is 4.79 Å². The molecule has 0 aromatic heterocycles. The molecule has 7 atom stereocenters. The summed E-state index contributed by atoms with van der Waals surface area (Å²) in [5, 5.41) is 0. The Kier molecular flexibility index (Phi) is 3.57. The van der Waals surface area contributed by atoms with Crippen LogP contribution < -0.4 is 0 Å². The van der Waals surface area contributed by atoms with Crippen LogP contribution >= 0.6 is 0 Å². The number of hydrogen-bond acceptors (Lipinski definition) is 4. The van der Waals surface area contributed by atoms with Gasteiger partial charge in [-0.3, -0.25) is 4.79 Å². The Morgan fingerprint density at radius 2 is 1.96 bits per heavy atom. The zero-order chi connectivity index (χ0) is 16.3. The van der Waals surface area contributed by atoms with E-state index in [1.807, 2.05) is 0 Å². The van der Waals surface area contributed by atoms with Gasteiger partial charge in [0.1, 0.15) is 0 Å². The normalized spacial score (nSPS) is 46.1. The Morgan fingerprint density at radius 3 is 2.67 bits per heavy atom. The van der Waals surface area contributed by atoms with Crippen molar-refractivity contribution in [2.45, 2.75) is 32.6 Å². The van der Waals surface area contributed by atoms with Gasteiger partial charge in [0.2, 0.25) is 0 Å². The van der Waals surface area contributed by atoms with Crippen molar-refractivity contribution >= 4 is 5.97 Å². The summed E-state index contributed by atoms with van der Waals surface area (Å²) in [5.74, 6) is 4.61. The Labute approximate surface area is 143 Å². The van der Waals surface area contributed by atoms with Crippen molar-refractivity contribution in [2.75, 3.05) is 26.6 Å². The highest BCUT2D eigenvalue weighted by Gasteiger charge is 2.62. The topological polar surface area (TPSA) is 44.8 Å². The first kappa shape index (κ1) is 15.4. The number of carbonyl (C=O) groups excluding carboxylic acids is 1.